The van der Waals surface area contributed by atoms with Crippen LogP contribution in [0.3, 0.4) is 0 Å². The molecule has 1 fully saturated rings. The highest BCUT2D eigenvalue weighted by molar-refractivity contribution is 4.73. The molecule has 0 N–H and O–H groups in total. The molecule has 1 saturated heterocycles. The highest BCUT2D eigenvalue weighted by Gasteiger charge is 2.20. The van der Waals surface area contributed by atoms with E-state index in [4.69, 9.17) is 4.74 Å². The minimum absolute atomic E-state index is 0.418. The molecule has 0 amide bonds. The number of nitrogens with zero attached hydrogens (tertiary/aromatic N) is 2. The maximum Gasteiger partial charge on any atom is 0.0829 e. The van der Waals surface area contributed by atoms with Crippen LogP contribution in [-0.4, -0.2) is 62.3 Å². The SMILES string of the molecule is CCCCCN1CCO[C@@H](CN(C)CCC)C1. The predicted molar refractivity (Wildman–Crippen MR) is 73.5 cm³/mol. The summed E-state index contributed by atoms with van der Waals surface area (Å²) in [7, 11) is 2.20. The molecule has 0 aromatic carbocycles. The molecule has 0 unspecified atom stereocenters. The zero-order valence-electron chi connectivity index (χ0n) is 12.0. The molecule has 1 atom stereocenters. The van der Waals surface area contributed by atoms with Gasteiger partial charge in [-0.05, 0) is 33.0 Å². The van der Waals surface area contributed by atoms with Crippen LogP contribution in [0.25, 0.3) is 0 Å². The van der Waals surface area contributed by atoms with Gasteiger partial charge in [0, 0.05) is 19.6 Å². The van der Waals surface area contributed by atoms with Crippen molar-refractivity contribution in [3.8, 4) is 0 Å². The maximum atomic E-state index is 5.85. The third-order valence-electron chi connectivity index (χ3n) is 3.42. The van der Waals surface area contributed by atoms with E-state index in [1.807, 2.05) is 0 Å². The summed E-state index contributed by atoms with van der Waals surface area (Å²) in [5.74, 6) is 0. The maximum absolute atomic E-state index is 5.85. The van der Waals surface area contributed by atoms with Crippen molar-refractivity contribution in [2.45, 2.75) is 45.6 Å². The molecule has 3 nitrogen and oxygen atoms in total. The highest BCUT2D eigenvalue weighted by Crippen LogP contribution is 2.08. The first kappa shape index (κ1) is 14.9. The Morgan fingerprint density at radius 1 is 1.24 bits per heavy atom. The number of ether oxygens (including phenoxy) is 1. The summed E-state index contributed by atoms with van der Waals surface area (Å²) in [6.45, 7) is 11.2. The van der Waals surface area contributed by atoms with Crippen LogP contribution >= 0.6 is 0 Å². The molecule has 0 saturated carbocycles. The van der Waals surface area contributed by atoms with Gasteiger partial charge in [0.1, 0.15) is 0 Å². The summed E-state index contributed by atoms with van der Waals surface area (Å²) in [5, 5.41) is 0. The number of rotatable bonds is 8. The lowest BCUT2D eigenvalue weighted by atomic mass is 10.2. The quantitative estimate of drug-likeness (QED) is 0.607. The van der Waals surface area contributed by atoms with E-state index in [2.05, 4.69) is 30.7 Å². The summed E-state index contributed by atoms with van der Waals surface area (Å²) < 4.78 is 5.85. The van der Waals surface area contributed by atoms with E-state index in [1.165, 1.54) is 38.8 Å². The molecule has 1 heterocycles. The number of morpholine rings is 1. The fraction of sp³-hybridized carbons (Fsp3) is 1.00. The molecular formula is C14H30N2O. The molecular weight excluding hydrogens is 212 g/mol. The van der Waals surface area contributed by atoms with Gasteiger partial charge in [-0.25, -0.2) is 0 Å². The highest BCUT2D eigenvalue weighted by atomic mass is 16.5. The van der Waals surface area contributed by atoms with Crippen molar-refractivity contribution in [1.82, 2.24) is 9.80 Å². The number of hydrogen-bond donors (Lipinski definition) is 0. The molecule has 102 valence electrons. The van der Waals surface area contributed by atoms with Crippen LogP contribution in [0.2, 0.25) is 0 Å². The van der Waals surface area contributed by atoms with Crippen LogP contribution in [0.5, 0.6) is 0 Å². The second-order valence-electron chi connectivity index (χ2n) is 5.26. The van der Waals surface area contributed by atoms with Gasteiger partial charge in [-0.3, -0.25) is 4.90 Å². The Balaban J connectivity index is 2.18. The molecule has 3 heteroatoms. The van der Waals surface area contributed by atoms with Crippen molar-refractivity contribution in [3.63, 3.8) is 0 Å². The second-order valence-corrected chi connectivity index (χ2v) is 5.26. The molecule has 0 spiro atoms. The Hall–Kier alpha value is -0.120. The first-order valence-electron chi connectivity index (χ1n) is 7.28. The first-order valence-corrected chi connectivity index (χ1v) is 7.28. The first-order chi connectivity index (χ1) is 8.26. The van der Waals surface area contributed by atoms with Gasteiger partial charge in [-0.2, -0.15) is 0 Å². The van der Waals surface area contributed by atoms with Crippen molar-refractivity contribution in [2.24, 2.45) is 0 Å². The van der Waals surface area contributed by atoms with E-state index >= 15 is 0 Å². The van der Waals surface area contributed by atoms with Gasteiger partial charge in [-0.1, -0.05) is 26.7 Å². The molecule has 1 aliphatic rings. The van der Waals surface area contributed by atoms with Crippen molar-refractivity contribution in [3.05, 3.63) is 0 Å². The van der Waals surface area contributed by atoms with Gasteiger partial charge in [0.15, 0.2) is 0 Å². The largest absolute Gasteiger partial charge is 0.374 e. The summed E-state index contributed by atoms with van der Waals surface area (Å²) in [5.41, 5.74) is 0. The van der Waals surface area contributed by atoms with Crippen LogP contribution in [0.15, 0.2) is 0 Å². The van der Waals surface area contributed by atoms with E-state index in [0.29, 0.717) is 6.10 Å². The fourth-order valence-corrected chi connectivity index (χ4v) is 2.50. The molecule has 0 radical (unpaired) electrons. The minimum Gasteiger partial charge on any atom is -0.374 e. The van der Waals surface area contributed by atoms with Crippen LogP contribution < -0.4 is 0 Å². The third-order valence-corrected chi connectivity index (χ3v) is 3.42. The monoisotopic (exact) mass is 242 g/mol. The van der Waals surface area contributed by atoms with Gasteiger partial charge < -0.3 is 9.64 Å². The lowest BCUT2D eigenvalue weighted by molar-refractivity contribution is -0.0407. The summed E-state index contributed by atoms with van der Waals surface area (Å²) in [6.07, 6.45) is 5.66. The average Bonchev–Trinajstić information content (AvgIpc) is 2.30. The summed E-state index contributed by atoms with van der Waals surface area (Å²) >= 11 is 0. The standard InChI is InChI=1S/C14H30N2O/c1-4-6-7-9-16-10-11-17-14(13-16)12-15(3)8-5-2/h14H,4-13H2,1-3H3/t14-/m0/s1. The van der Waals surface area contributed by atoms with E-state index < -0.39 is 0 Å². The van der Waals surface area contributed by atoms with Crippen molar-refractivity contribution >= 4 is 0 Å². The van der Waals surface area contributed by atoms with Crippen molar-refractivity contribution < 1.29 is 4.74 Å². The van der Waals surface area contributed by atoms with Crippen LogP contribution in [0.1, 0.15) is 39.5 Å². The molecule has 17 heavy (non-hydrogen) atoms. The van der Waals surface area contributed by atoms with Gasteiger partial charge in [0.25, 0.3) is 0 Å². The van der Waals surface area contributed by atoms with Crippen LogP contribution in [-0.2, 0) is 4.74 Å². The van der Waals surface area contributed by atoms with Crippen molar-refractivity contribution in [1.29, 1.82) is 0 Å². The average molecular weight is 242 g/mol. The zero-order chi connectivity index (χ0) is 12.5. The van der Waals surface area contributed by atoms with E-state index in [1.54, 1.807) is 0 Å². The zero-order valence-corrected chi connectivity index (χ0v) is 12.0. The van der Waals surface area contributed by atoms with Gasteiger partial charge in [0.2, 0.25) is 0 Å². The summed E-state index contributed by atoms with van der Waals surface area (Å²) in [4.78, 5) is 4.96. The Morgan fingerprint density at radius 2 is 2.06 bits per heavy atom. The smallest absolute Gasteiger partial charge is 0.0829 e. The molecule has 0 aromatic heterocycles. The Kier molecular flexibility index (Phi) is 7.82. The number of hydrogen-bond acceptors (Lipinski definition) is 3. The van der Waals surface area contributed by atoms with Crippen LogP contribution in [0.4, 0.5) is 0 Å². The molecule has 1 aliphatic heterocycles. The fourth-order valence-electron chi connectivity index (χ4n) is 2.50. The third kappa shape index (κ3) is 6.39. The molecule has 0 aliphatic carbocycles. The minimum atomic E-state index is 0.418. The van der Waals surface area contributed by atoms with Crippen molar-refractivity contribution in [2.75, 3.05) is 46.4 Å². The lowest BCUT2D eigenvalue weighted by Gasteiger charge is -2.34. The lowest BCUT2D eigenvalue weighted by Crippen LogP contribution is -2.47. The Labute approximate surface area is 107 Å². The summed E-state index contributed by atoms with van der Waals surface area (Å²) in [6, 6.07) is 0. The molecule has 0 aromatic rings. The van der Waals surface area contributed by atoms with E-state index in [-0.39, 0.29) is 0 Å². The Morgan fingerprint density at radius 3 is 2.76 bits per heavy atom. The van der Waals surface area contributed by atoms with Gasteiger partial charge in [0.05, 0.1) is 12.7 Å². The predicted octanol–water partition coefficient (Wildman–Crippen LogP) is 2.22. The molecule has 1 rings (SSSR count). The molecule has 0 bridgehead atoms. The second kappa shape index (κ2) is 8.90. The normalized spacial score (nSPS) is 22.2. The number of likely N-dealkylation sites (N-methyl/N-ethyl adjacent to an activating group) is 1. The van der Waals surface area contributed by atoms with Gasteiger partial charge in [-0.15, -0.1) is 0 Å². The number of unbranched alkanes of at least 4 members (excludes halogenated alkanes) is 2. The topological polar surface area (TPSA) is 15.7 Å². The van der Waals surface area contributed by atoms with Gasteiger partial charge >= 0.3 is 0 Å². The Bertz CT molecular complexity index is 187. The van der Waals surface area contributed by atoms with E-state index in [9.17, 15) is 0 Å². The van der Waals surface area contributed by atoms with Crippen LogP contribution in [0, 0.1) is 0 Å². The van der Waals surface area contributed by atoms with E-state index in [0.717, 1.165) is 26.2 Å².